The summed E-state index contributed by atoms with van der Waals surface area (Å²) in [4.78, 5) is 0. The highest BCUT2D eigenvalue weighted by atomic mass is 16.3. The van der Waals surface area contributed by atoms with Gasteiger partial charge in [-0.15, -0.1) is 0 Å². The van der Waals surface area contributed by atoms with Crippen LogP contribution in [0.3, 0.4) is 0 Å². The van der Waals surface area contributed by atoms with Crippen LogP contribution in [0.25, 0.3) is 0 Å². The highest BCUT2D eigenvalue weighted by Crippen LogP contribution is 2.55. The third-order valence-corrected chi connectivity index (χ3v) is 5.61. The molecule has 0 saturated heterocycles. The van der Waals surface area contributed by atoms with Crippen LogP contribution in [0.2, 0.25) is 0 Å². The Labute approximate surface area is 148 Å². The summed E-state index contributed by atoms with van der Waals surface area (Å²) < 4.78 is 0. The molecule has 0 saturated carbocycles. The number of benzene rings is 2. The Morgan fingerprint density at radius 3 is 2.12 bits per heavy atom. The summed E-state index contributed by atoms with van der Waals surface area (Å²) in [6.45, 7) is 1.93. The highest BCUT2D eigenvalue weighted by Gasteiger charge is 2.53. The van der Waals surface area contributed by atoms with Gasteiger partial charge in [0.15, 0.2) is 0 Å². The van der Waals surface area contributed by atoms with Crippen LogP contribution in [0.15, 0.2) is 96.3 Å². The van der Waals surface area contributed by atoms with Gasteiger partial charge in [0.1, 0.15) is 5.60 Å². The zero-order valence-electron chi connectivity index (χ0n) is 14.2. The fourth-order valence-corrected chi connectivity index (χ4v) is 4.44. The molecule has 2 N–H and O–H groups in total. The number of allylic oxidation sites excluding steroid dienone is 3. The molecule has 0 fully saturated rings. The Morgan fingerprint density at radius 1 is 0.840 bits per heavy atom. The van der Waals surface area contributed by atoms with E-state index in [9.17, 15) is 10.2 Å². The van der Waals surface area contributed by atoms with E-state index in [1.54, 1.807) is 0 Å². The van der Waals surface area contributed by atoms with Gasteiger partial charge in [0, 0.05) is 17.8 Å². The first-order chi connectivity index (χ1) is 12.1. The molecule has 2 aromatic rings. The predicted molar refractivity (Wildman–Crippen MR) is 100 cm³/mol. The van der Waals surface area contributed by atoms with E-state index in [2.05, 4.69) is 0 Å². The second-order valence-corrected chi connectivity index (χ2v) is 6.92. The number of aliphatic hydroxyl groups excluding tert-OH is 1. The summed E-state index contributed by atoms with van der Waals surface area (Å²) in [5.41, 5.74) is 1.61. The van der Waals surface area contributed by atoms with Crippen LogP contribution in [0.5, 0.6) is 0 Å². The van der Waals surface area contributed by atoms with Crippen LogP contribution in [0.4, 0.5) is 0 Å². The van der Waals surface area contributed by atoms with E-state index in [4.69, 9.17) is 0 Å². The standard InChI is InChI=1S/C23H22O2/c1-16-21(17-10-4-2-5-11-17)23(25,18-12-6-3-7-13-18)20-15-9-8-14-19(20)22(16)24/h2-15,19-21,24-25H,1H3/t19-,20+,21-,23-/m1/s1. The zero-order chi connectivity index (χ0) is 17.4. The summed E-state index contributed by atoms with van der Waals surface area (Å²) >= 11 is 0. The summed E-state index contributed by atoms with van der Waals surface area (Å²) in [6.07, 6.45) is 7.92. The van der Waals surface area contributed by atoms with Crippen molar-refractivity contribution in [2.45, 2.75) is 18.4 Å². The van der Waals surface area contributed by atoms with Crippen LogP contribution in [0.1, 0.15) is 24.0 Å². The van der Waals surface area contributed by atoms with Crippen molar-refractivity contribution in [3.63, 3.8) is 0 Å². The quantitative estimate of drug-likeness (QED) is 0.825. The Bertz CT molecular complexity index is 848. The second kappa shape index (κ2) is 6.05. The Hall–Kier alpha value is -2.58. The van der Waals surface area contributed by atoms with Crippen molar-refractivity contribution < 1.29 is 10.2 Å². The van der Waals surface area contributed by atoms with E-state index in [-0.39, 0.29) is 17.8 Å². The maximum Gasteiger partial charge on any atom is 0.107 e. The maximum atomic E-state index is 12.1. The van der Waals surface area contributed by atoms with Gasteiger partial charge < -0.3 is 10.2 Å². The van der Waals surface area contributed by atoms with E-state index in [1.807, 2.05) is 91.9 Å². The summed E-state index contributed by atoms with van der Waals surface area (Å²) in [7, 11) is 0. The van der Waals surface area contributed by atoms with Gasteiger partial charge >= 0.3 is 0 Å². The summed E-state index contributed by atoms with van der Waals surface area (Å²) in [5.74, 6) is -0.336. The zero-order valence-corrected chi connectivity index (χ0v) is 14.2. The average Bonchev–Trinajstić information content (AvgIpc) is 2.68. The van der Waals surface area contributed by atoms with Crippen LogP contribution in [0, 0.1) is 11.8 Å². The minimum Gasteiger partial charge on any atom is -0.512 e. The topological polar surface area (TPSA) is 40.5 Å². The van der Waals surface area contributed by atoms with Gasteiger partial charge in [-0.25, -0.2) is 0 Å². The first-order valence-electron chi connectivity index (χ1n) is 8.71. The smallest absolute Gasteiger partial charge is 0.107 e. The maximum absolute atomic E-state index is 12.1. The summed E-state index contributed by atoms with van der Waals surface area (Å²) in [5, 5.41) is 23.0. The molecule has 4 rings (SSSR count). The molecular formula is C23H22O2. The van der Waals surface area contributed by atoms with Crippen LogP contribution < -0.4 is 0 Å². The first kappa shape index (κ1) is 15.9. The monoisotopic (exact) mass is 330 g/mol. The molecule has 0 bridgehead atoms. The highest BCUT2D eigenvalue weighted by molar-refractivity contribution is 5.46. The molecule has 2 aromatic carbocycles. The Morgan fingerprint density at radius 2 is 1.44 bits per heavy atom. The van der Waals surface area contributed by atoms with Gasteiger partial charge in [0.2, 0.25) is 0 Å². The minimum absolute atomic E-state index is 0.199. The molecule has 25 heavy (non-hydrogen) atoms. The molecule has 4 atom stereocenters. The summed E-state index contributed by atoms with van der Waals surface area (Å²) in [6, 6.07) is 19.8. The molecule has 0 amide bonds. The van der Waals surface area contributed by atoms with Crippen molar-refractivity contribution in [2.75, 3.05) is 0 Å². The van der Waals surface area contributed by atoms with E-state index in [0.717, 1.165) is 16.7 Å². The van der Waals surface area contributed by atoms with Gasteiger partial charge in [-0.2, -0.15) is 0 Å². The lowest BCUT2D eigenvalue weighted by atomic mass is 9.58. The van der Waals surface area contributed by atoms with E-state index in [1.165, 1.54) is 0 Å². The normalized spacial score (nSPS) is 31.0. The van der Waals surface area contributed by atoms with Crippen LogP contribution in [-0.4, -0.2) is 10.2 Å². The fourth-order valence-electron chi connectivity index (χ4n) is 4.44. The molecule has 2 heteroatoms. The van der Waals surface area contributed by atoms with Gasteiger partial charge in [-0.3, -0.25) is 0 Å². The molecule has 2 aliphatic carbocycles. The molecule has 0 aliphatic heterocycles. The number of fused-ring (bicyclic) bond motifs is 1. The minimum atomic E-state index is -1.12. The second-order valence-electron chi connectivity index (χ2n) is 6.92. The van der Waals surface area contributed by atoms with Crippen molar-refractivity contribution in [3.8, 4) is 0 Å². The van der Waals surface area contributed by atoms with E-state index < -0.39 is 5.60 Å². The van der Waals surface area contributed by atoms with Crippen LogP contribution in [-0.2, 0) is 5.60 Å². The molecule has 126 valence electrons. The van der Waals surface area contributed by atoms with E-state index in [0.29, 0.717) is 5.76 Å². The largest absolute Gasteiger partial charge is 0.512 e. The Kier molecular flexibility index (Phi) is 3.85. The number of rotatable bonds is 2. The number of aliphatic hydroxyl groups is 2. The van der Waals surface area contributed by atoms with Crippen molar-refractivity contribution in [3.05, 3.63) is 107 Å². The molecule has 2 nitrogen and oxygen atoms in total. The van der Waals surface area contributed by atoms with E-state index >= 15 is 0 Å². The molecule has 0 aromatic heterocycles. The molecular weight excluding hydrogens is 308 g/mol. The Balaban J connectivity index is 1.99. The first-order valence-corrected chi connectivity index (χ1v) is 8.71. The molecule has 0 radical (unpaired) electrons. The lowest BCUT2D eigenvalue weighted by Crippen LogP contribution is -2.48. The predicted octanol–water partition coefficient (Wildman–Crippen LogP) is 4.86. The van der Waals surface area contributed by atoms with Crippen molar-refractivity contribution in [2.24, 2.45) is 11.8 Å². The van der Waals surface area contributed by atoms with Gasteiger partial charge in [0.05, 0.1) is 5.76 Å². The number of hydrogen-bond acceptors (Lipinski definition) is 2. The fraction of sp³-hybridized carbons (Fsp3) is 0.217. The molecule has 0 heterocycles. The molecule has 2 aliphatic rings. The SMILES string of the molecule is CC1=C(O)[C@@H]2C=CC=C[C@@H]2[C@](O)(c2ccccc2)[C@H]1c1ccccc1. The molecule has 0 spiro atoms. The lowest BCUT2D eigenvalue weighted by molar-refractivity contribution is -0.0491. The lowest BCUT2D eigenvalue weighted by Gasteiger charge is -2.49. The van der Waals surface area contributed by atoms with Gasteiger partial charge in [-0.05, 0) is 23.6 Å². The number of hydrogen-bond donors (Lipinski definition) is 2. The van der Waals surface area contributed by atoms with Crippen molar-refractivity contribution >= 4 is 0 Å². The average molecular weight is 330 g/mol. The van der Waals surface area contributed by atoms with Crippen molar-refractivity contribution in [1.82, 2.24) is 0 Å². The van der Waals surface area contributed by atoms with Crippen molar-refractivity contribution in [1.29, 1.82) is 0 Å². The third-order valence-electron chi connectivity index (χ3n) is 5.61. The third kappa shape index (κ3) is 2.37. The van der Waals surface area contributed by atoms with Gasteiger partial charge in [0.25, 0.3) is 0 Å². The molecule has 0 unspecified atom stereocenters. The van der Waals surface area contributed by atoms with Crippen LogP contribution >= 0.6 is 0 Å². The van der Waals surface area contributed by atoms with Gasteiger partial charge in [-0.1, -0.05) is 85.0 Å².